The lowest BCUT2D eigenvalue weighted by Crippen LogP contribution is -1.90. The Labute approximate surface area is 128 Å². The first kappa shape index (κ1) is 13.6. The highest BCUT2D eigenvalue weighted by Gasteiger charge is 2.04. The Morgan fingerprint density at radius 2 is 1.33 bits per heavy atom. The van der Waals surface area contributed by atoms with Crippen LogP contribution in [0.4, 0.5) is 11.4 Å². The fourth-order valence-corrected chi connectivity index (χ4v) is 2.97. The van der Waals surface area contributed by atoms with Crippen LogP contribution in [0, 0.1) is 0 Å². The monoisotopic (exact) mass is 292 g/mol. The Balaban J connectivity index is 1.88. The molecular weight excluding hydrogens is 276 g/mol. The van der Waals surface area contributed by atoms with Gasteiger partial charge in [0.2, 0.25) is 0 Å². The van der Waals surface area contributed by atoms with E-state index < -0.39 is 0 Å². The van der Waals surface area contributed by atoms with Gasteiger partial charge >= 0.3 is 0 Å². The molecule has 0 aliphatic heterocycles. The summed E-state index contributed by atoms with van der Waals surface area (Å²) < 4.78 is 0. The Kier molecular flexibility index (Phi) is 3.84. The molecule has 4 N–H and O–H groups in total. The van der Waals surface area contributed by atoms with E-state index in [2.05, 4.69) is 24.3 Å². The standard InChI is InChI=1S/C18H16N2S/c19-15-9-6-13(7-10-15)14-8-11-18(17(20)12-14)21-16-4-2-1-3-5-16/h1-12H,19-20H2. The van der Waals surface area contributed by atoms with Gasteiger partial charge in [-0.3, -0.25) is 0 Å². The van der Waals surface area contributed by atoms with E-state index in [9.17, 15) is 0 Å². The van der Waals surface area contributed by atoms with Crippen LogP contribution in [0.3, 0.4) is 0 Å². The zero-order valence-electron chi connectivity index (χ0n) is 11.5. The molecule has 0 atom stereocenters. The van der Waals surface area contributed by atoms with Gasteiger partial charge in [-0.2, -0.15) is 0 Å². The third-order valence-electron chi connectivity index (χ3n) is 3.22. The van der Waals surface area contributed by atoms with Crippen LogP contribution in [-0.4, -0.2) is 0 Å². The van der Waals surface area contributed by atoms with E-state index >= 15 is 0 Å². The van der Waals surface area contributed by atoms with Crippen molar-refractivity contribution in [2.24, 2.45) is 0 Å². The van der Waals surface area contributed by atoms with Crippen LogP contribution in [-0.2, 0) is 0 Å². The zero-order valence-corrected chi connectivity index (χ0v) is 12.3. The second kappa shape index (κ2) is 5.94. The fourth-order valence-electron chi connectivity index (χ4n) is 2.11. The molecule has 0 aliphatic carbocycles. The maximum atomic E-state index is 6.19. The molecule has 0 heterocycles. The van der Waals surface area contributed by atoms with Crippen LogP contribution in [0.5, 0.6) is 0 Å². The minimum absolute atomic E-state index is 0.767. The summed E-state index contributed by atoms with van der Waals surface area (Å²) in [6, 6.07) is 24.2. The average Bonchev–Trinajstić information content (AvgIpc) is 2.51. The fraction of sp³-hybridized carbons (Fsp3) is 0. The average molecular weight is 292 g/mol. The maximum Gasteiger partial charge on any atom is 0.0462 e. The number of nitrogen functional groups attached to an aromatic ring is 2. The Bertz CT molecular complexity index is 737. The van der Waals surface area contributed by atoms with Gasteiger partial charge < -0.3 is 11.5 Å². The van der Waals surface area contributed by atoms with Crippen molar-refractivity contribution in [1.29, 1.82) is 0 Å². The van der Waals surface area contributed by atoms with Gasteiger partial charge in [0.05, 0.1) is 0 Å². The lowest BCUT2D eigenvalue weighted by atomic mass is 10.0. The normalized spacial score (nSPS) is 10.5. The van der Waals surface area contributed by atoms with Crippen molar-refractivity contribution in [3.63, 3.8) is 0 Å². The molecular formula is C18H16N2S. The quantitative estimate of drug-likeness (QED) is 0.690. The second-order valence-corrected chi connectivity index (χ2v) is 5.91. The van der Waals surface area contributed by atoms with Crippen LogP contribution < -0.4 is 11.5 Å². The molecule has 0 bridgehead atoms. The predicted octanol–water partition coefficient (Wildman–Crippen LogP) is 4.67. The summed E-state index contributed by atoms with van der Waals surface area (Å²) in [4.78, 5) is 2.25. The van der Waals surface area contributed by atoms with Crippen molar-refractivity contribution < 1.29 is 0 Å². The van der Waals surface area contributed by atoms with Crippen LogP contribution >= 0.6 is 11.8 Å². The van der Waals surface area contributed by atoms with Crippen molar-refractivity contribution in [2.75, 3.05) is 11.5 Å². The lowest BCUT2D eigenvalue weighted by Gasteiger charge is -2.09. The van der Waals surface area contributed by atoms with Gasteiger partial charge in [-0.1, -0.05) is 48.2 Å². The summed E-state index contributed by atoms with van der Waals surface area (Å²) >= 11 is 1.68. The number of benzene rings is 3. The van der Waals surface area contributed by atoms with Gasteiger partial charge in [0, 0.05) is 21.2 Å². The summed E-state index contributed by atoms with van der Waals surface area (Å²) in [6.07, 6.45) is 0. The van der Waals surface area contributed by atoms with E-state index in [0.29, 0.717) is 0 Å². The van der Waals surface area contributed by atoms with Crippen molar-refractivity contribution in [3.8, 4) is 11.1 Å². The Hall–Kier alpha value is -2.39. The summed E-state index contributed by atoms with van der Waals surface area (Å²) in [7, 11) is 0. The van der Waals surface area contributed by atoms with Crippen LogP contribution in [0.25, 0.3) is 11.1 Å². The van der Waals surface area contributed by atoms with Crippen LogP contribution in [0.15, 0.2) is 82.6 Å². The first-order valence-corrected chi connectivity index (χ1v) is 7.52. The van der Waals surface area contributed by atoms with Gasteiger partial charge in [0.1, 0.15) is 0 Å². The van der Waals surface area contributed by atoms with Crippen molar-refractivity contribution in [2.45, 2.75) is 9.79 Å². The molecule has 0 radical (unpaired) electrons. The topological polar surface area (TPSA) is 52.0 Å². The number of anilines is 2. The van der Waals surface area contributed by atoms with E-state index in [1.54, 1.807) is 11.8 Å². The highest BCUT2D eigenvalue weighted by Crippen LogP contribution is 2.34. The minimum Gasteiger partial charge on any atom is -0.399 e. The molecule has 0 unspecified atom stereocenters. The van der Waals surface area contributed by atoms with E-state index in [0.717, 1.165) is 27.4 Å². The molecule has 0 amide bonds. The number of rotatable bonds is 3. The van der Waals surface area contributed by atoms with Crippen LogP contribution in [0.2, 0.25) is 0 Å². The second-order valence-electron chi connectivity index (χ2n) is 4.79. The molecule has 0 saturated carbocycles. The van der Waals surface area contributed by atoms with Crippen molar-refractivity contribution >= 4 is 23.1 Å². The molecule has 21 heavy (non-hydrogen) atoms. The highest BCUT2D eigenvalue weighted by molar-refractivity contribution is 7.99. The molecule has 3 aromatic carbocycles. The highest BCUT2D eigenvalue weighted by atomic mass is 32.2. The number of hydrogen-bond acceptors (Lipinski definition) is 3. The van der Waals surface area contributed by atoms with Gasteiger partial charge in [-0.15, -0.1) is 0 Å². The van der Waals surface area contributed by atoms with Crippen LogP contribution in [0.1, 0.15) is 0 Å². The molecule has 0 saturated heterocycles. The summed E-state index contributed by atoms with van der Waals surface area (Å²) in [5.41, 5.74) is 15.7. The van der Waals surface area contributed by atoms with Gasteiger partial charge in [0.25, 0.3) is 0 Å². The van der Waals surface area contributed by atoms with Gasteiger partial charge in [0.15, 0.2) is 0 Å². The molecule has 0 aromatic heterocycles. The van der Waals surface area contributed by atoms with E-state index in [4.69, 9.17) is 11.5 Å². The number of hydrogen-bond donors (Lipinski definition) is 2. The molecule has 0 aliphatic rings. The van der Waals surface area contributed by atoms with E-state index in [1.807, 2.05) is 48.5 Å². The molecule has 3 aromatic rings. The van der Waals surface area contributed by atoms with E-state index in [-0.39, 0.29) is 0 Å². The van der Waals surface area contributed by atoms with Crippen molar-refractivity contribution in [3.05, 3.63) is 72.8 Å². The zero-order chi connectivity index (χ0) is 14.7. The molecule has 3 rings (SSSR count). The van der Waals surface area contributed by atoms with Crippen molar-refractivity contribution in [1.82, 2.24) is 0 Å². The van der Waals surface area contributed by atoms with Gasteiger partial charge in [-0.05, 0) is 47.5 Å². The SMILES string of the molecule is Nc1ccc(-c2ccc(Sc3ccccc3)c(N)c2)cc1. The van der Waals surface area contributed by atoms with Gasteiger partial charge in [-0.25, -0.2) is 0 Å². The predicted molar refractivity (Wildman–Crippen MR) is 91.3 cm³/mol. The molecule has 104 valence electrons. The third kappa shape index (κ3) is 3.20. The Morgan fingerprint density at radius 1 is 0.667 bits per heavy atom. The van der Waals surface area contributed by atoms with E-state index in [1.165, 1.54) is 4.90 Å². The Morgan fingerprint density at radius 3 is 2.00 bits per heavy atom. The minimum atomic E-state index is 0.767. The maximum absolute atomic E-state index is 6.19. The number of nitrogens with two attached hydrogens (primary N) is 2. The summed E-state index contributed by atoms with van der Waals surface area (Å²) in [5.74, 6) is 0. The smallest absolute Gasteiger partial charge is 0.0462 e. The molecule has 2 nitrogen and oxygen atoms in total. The largest absolute Gasteiger partial charge is 0.399 e. The molecule has 3 heteroatoms. The summed E-state index contributed by atoms with van der Waals surface area (Å²) in [6.45, 7) is 0. The first-order valence-electron chi connectivity index (χ1n) is 6.71. The first-order chi connectivity index (χ1) is 10.2. The molecule has 0 spiro atoms. The summed E-state index contributed by atoms with van der Waals surface area (Å²) in [5, 5.41) is 0. The lowest BCUT2D eigenvalue weighted by molar-refractivity contribution is 1.41. The molecule has 0 fully saturated rings. The third-order valence-corrected chi connectivity index (χ3v) is 4.32.